The van der Waals surface area contributed by atoms with Gasteiger partial charge in [-0.3, -0.25) is 9.58 Å². The van der Waals surface area contributed by atoms with Crippen molar-refractivity contribution in [1.29, 1.82) is 5.26 Å². The van der Waals surface area contributed by atoms with Gasteiger partial charge in [-0.1, -0.05) is 12.1 Å². The minimum absolute atomic E-state index is 0.0451. The van der Waals surface area contributed by atoms with Gasteiger partial charge in [-0.15, -0.1) is 0 Å². The molecule has 2 aromatic rings. The lowest BCUT2D eigenvalue weighted by atomic mass is 10.1. The molecule has 7 heteroatoms. The third-order valence-electron chi connectivity index (χ3n) is 4.99. The summed E-state index contributed by atoms with van der Waals surface area (Å²) in [5, 5.41) is 13.5. The van der Waals surface area contributed by atoms with E-state index in [4.69, 9.17) is 5.26 Å². The molecule has 6 nitrogen and oxygen atoms in total. The van der Waals surface area contributed by atoms with E-state index in [0.29, 0.717) is 12.0 Å². The van der Waals surface area contributed by atoms with Crippen molar-refractivity contribution in [3.63, 3.8) is 0 Å². The first kappa shape index (κ1) is 18.6. The van der Waals surface area contributed by atoms with Gasteiger partial charge in [-0.25, -0.2) is 8.42 Å². The van der Waals surface area contributed by atoms with Gasteiger partial charge < -0.3 is 0 Å². The van der Waals surface area contributed by atoms with Gasteiger partial charge in [0, 0.05) is 24.3 Å². The summed E-state index contributed by atoms with van der Waals surface area (Å²) >= 11 is 0. The van der Waals surface area contributed by atoms with Gasteiger partial charge in [0.25, 0.3) is 0 Å². The smallest absolute Gasteiger partial charge is 0.152 e. The molecule has 1 aliphatic heterocycles. The van der Waals surface area contributed by atoms with Gasteiger partial charge in [-0.05, 0) is 45.0 Å². The van der Waals surface area contributed by atoms with Crippen molar-refractivity contribution in [2.75, 3.05) is 18.6 Å². The predicted octanol–water partition coefficient (Wildman–Crippen LogP) is 2.36. The van der Waals surface area contributed by atoms with E-state index in [9.17, 15) is 8.42 Å². The molecule has 3 rings (SSSR count). The molecule has 26 heavy (non-hydrogen) atoms. The number of nitrogens with zero attached hydrogens (tertiary/aromatic N) is 4. The summed E-state index contributed by atoms with van der Waals surface area (Å²) < 4.78 is 25.5. The SMILES string of the molecule is Cc1nn([C@@H]2CCS(=O)(=O)C2)c(C)c1CN(C)Cc1ccc(C#N)cc1. The van der Waals surface area contributed by atoms with Crippen LogP contribution in [-0.2, 0) is 22.9 Å². The fourth-order valence-electron chi connectivity index (χ4n) is 3.57. The molecule has 1 aromatic carbocycles. The van der Waals surface area contributed by atoms with Crippen LogP contribution in [0.25, 0.3) is 0 Å². The van der Waals surface area contributed by atoms with Crippen LogP contribution < -0.4 is 0 Å². The van der Waals surface area contributed by atoms with Crippen LogP contribution in [0.1, 0.15) is 40.5 Å². The molecule has 0 radical (unpaired) electrons. The molecule has 1 aliphatic rings. The van der Waals surface area contributed by atoms with Gasteiger partial charge in [0.1, 0.15) is 0 Å². The fraction of sp³-hybridized carbons (Fsp3) is 0.474. The van der Waals surface area contributed by atoms with Crippen LogP contribution in [-0.4, -0.2) is 41.7 Å². The Hall–Kier alpha value is -2.17. The zero-order chi connectivity index (χ0) is 18.9. The average Bonchev–Trinajstić information content (AvgIpc) is 3.09. The quantitative estimate of drug-likeness (QED) is 0.805. The summed E-state index contributed by atoms with van der Waals surface area (Å²) in [4.78, 5) is 2.20. The first-order valence-corrected chi connectivity index (χ1v) is 10.5. The molecule has 0 amide bonds. The molecule has 138 valence electrons. The van der Waals surface area contributed by atoms with Gasteiger partial charge in [-0.2, -0.15) is 10.4 Å². The number of benzene rings is 1. The minimum atomic E-state index is -2.93. The molecule has 1 saturated heterocycles. The van der Waals surface area contributed by atoms with Gasteiger partial charge >= 0.3 is 0 Å². The lowest BCUT2D eigenvalue weighted by Gasteiger charge is -2.18. The summed E-state index contributed by atoms with van der Waals surface area (Å²) in [6.45, 7) is 5.53. The Morgan fingerprint density at radius 1 is 1.27 bits per heavy atom. The van der Waals surface area contributed by atoms with Gasteiger partial charge in [0.2, 0.25) is 0 Å². The second kappa shape index (κ2) is 7.22. The highest BCUT2D eigenvalue weighted by atomic mass is 32.2. The highest BCUT2D eigenvalue weighted by Crippen LogP contribution is 2.27. The van der Waals surface area contributed by atoms with Crippen LogP contribution in [0.4, 0.5) is 0 Å². The number of hydrogen-bond donors (Lipinski definition) is 0. The van der Waals surface area contributed by atoms with Crippen molar-refractivity contribution in [3.05, 3.63) is 52.3 Å². The molecular weight excluding hydrogens is 348 g/mol. The maximum absolute atomic E-state index is 11.8. The standard InChI is InChI=1S/C19H24N4O2S/c1-14-19(12-22(3)11-17-6-4-16(10-20)5-7-17)15(2)23(21-14)18-8-9-26(24,25)13-18/h4-7,18H,8-9,11-13H2,1-3H3/t18-/m1/s1. The van der Waals surface area contributed by atoms with Crippen LogP contribution >= 0.6 is 0 Å². The van der Waals surface area contributed by atoms with E-state index < -0.39 is 9.84 Å². The Morgan fingerprint density at radius 3 is 2.54 bits per heavy atom. The Balaban J connectivity index is 1.72. The molecule has 0 unspecified atom stereocenters. The van der Waals surface area contributed by atoms with Crippen molar-refractivity contribution in [2.24, 2.45) is 0 Å². The van der Waals surface area contributed by atoms with Gasteiger partial charge in [0.05, 0.1) is 34.9 Å². The Morgan fingerprint density at radius 2 is 1.96 bits per heavy atom. The van der Waals surface area contributed by atoms with Crippen LogP contribution in [0, 0.1) is 25.2 Å². The lowest BCUT2D eigenvalue weighted by Crippen LogP contribution is -2.18. The van der Waals surface area contributed by atoms with E-state index in [0.717, 1.165) is 35.6 Å². The maximum atomic E-state index is 11.8. The normalized spacial score (nSPS) is 19.0. The second-order valence-corrected chi connectivity index (χ2v) is 9.36. The lowest BCUT2D eigenvalue weighted by molar-refractivity contribution is 0.317. The van der Waals surface area contributed by atoms with Crippen molar-refractivity contribution in [3.8, 4) is 6.07 Å². The van der Waals surface area contributed by atoms with Crippen molar-refractivity contribution >= 4 is 9.84 Å². The molecule has 0 N–H and O–H groups in total. The number of aryl methyl sites for hydroxylation is 1. The van der Waals surface area contributed by atoms with Crippen molar-refractivity contribution in [1.82, 2.24) is 14.7 Å². The van der Waals surface area contributed by atoms with Crippen LogP contribution in [0.2, 0.25) is 0 Å². The topological polar surface area (TPSA) is 79.0 Å². The van der Waals surface area contributed by atoms with Crippen molar-refractivity contribution in [2.45, 2.75) is 39.4 Å². The number of hydrogen-bond acceptors (Lipinski definition) is 5. The molecule has 1 aromatic heterocycles. The first-order valence-electron chi connectivity index (χ1n) is 8.71. The molecule has 0 bridgehead atoms. The minimum Gasteiger partial charge on any atom is -0.298 e. The fourth-order valence-corrected chi connectivity index (χ4v) is 5.26. The number of nitriles is 1. The van der Waals surface area contributed by atoms with Crippen LogP contribution in [0.3, 0.4) is 0 Å². The molecule has 0 aliphatic carbocycles. The number of aromatic nitrogens is 2. The second-order valence-electron chi connectivity index (χ2n) is 7.13. The third kappa shape index (κ3) is 3.97. The highest BCUT2D eigenvalue weighted by molar-refractivity contribution is 7.91. The largest absolute Gasteiger partial charge is 0.298 e. The molecular formula is C19H24N4O2S. The summed E-state index contributed by atoms with van der Waals surface area (Å²) in [5.41, 5.74) is 4.98. The summed E-state index contributed by atoms with van der Waals surface area (Å²) in [7, 11) is -0.878. The van der Waals surface area contributed by atoms with Crippen LogP contribution in [0.15, 0.2) is 24.3 Å². The van der Waals surface area contributed by atoms with Gasteiger partial charge in [0.15, 0.2) is 9.84 Å². The third-order valence-corrected chi connectivity index (χ3v) is 6.74. The summed E-state index contributed by atoms with van der Waals surface area (Å²) in [6.07, 6.45) is 0.644. The first-order chi connectivity index (χ1) is 12.3. The van der Waals surface area contributed by atoms with E-state index in [-0.39, 0.29) is 17.5 Å². The predicted molar refractivity (Wildman–Crippen MR) is 100 cm³/mol. The molecule has 2 heterocycles. The zero-order valence-electron chi connectivity index (χ0n) is 15.4. The molecule has 0 saturated carbocycles. The molecule has 1 atom stereocenters. The summed E-state index contributed by atoms with van der Waals surface area (Å²) in [5.74, 6) is 0.444. The molecule has 1 fully saturated rings. The Bertz CT molecular complexity index is 939. The Labute approximate surface area is 155 Å². The van der Waals surface area contributed by atoms with E-state index in [1.807, 2.05) is 42.8 Å². The van der Waals surface area contributed by atoms with E-state index in [1.165, 1.54) is 0 Å². The zero-order valence-corrected chi connectivity index (χ0v) is 16.3. The van der Waals surface area contributed by atoms with E-state index >= 15 is 0 Å². The number of sulfone groups is 1. The summed E-state index contributed by atoms with van der Waals surface area (Å²) in [6, 6.07) is 9.70. The monoisotopic (exact) mass is 372 g/mol. The Kier molecular flexibility index (Phi) is 5.17. The maximum Gasteiger partial charge on any atom is 0.152 e. The van der Waals surface area contributed by atoms with Crippen LogP contribution in [0.5, 0.6) is 0 Å². The average molecular weight is 372 g/mol. The van der Waals surface area contributed by atoms with Crippen molar-refractivity contribution < 1.29 is 8.42 Å². The molecule has 0 spiro atoms. The number of rotatable bonds is 5. The highest BCUT2D eigenvalue weighted by Gasteiger charge is 2.31. The van der Waals surface area contributed by atoms with E-state index in [2.05, 4.69) is 23.1 Å². The van der Waals surface area contributed by atoms with E-state index in [1.54, 1.807) is 0 Å².